The van der Waals surface area contributed by atoms with E-state index in [0.29, 0.717) is 10.8 Å². The Hall–Kier alpha value is -3.76. The first kappa shape index (κ1) is 24.4. The van der Waals surface area contributed by atoms with E-state index in [-0.39, 0.29) is 37.8 Å². The number of carbonyl (C=O) groups excluding carboxylic acids is 2. The molecule has 3 N–H and O–H groups in total. The Morgan fingerprint density at radius 2 is 1.74 bits per heavy atom. The Bertz CT molecular complexity index is 1180. The molecule has 1 aromatic heterocycles. The number of aromatic nitrogens is 1. The van der Waals surface area contributed by atoms with Crippen molar-refractivity contribution in [2.75, 3.05) is 25.6 Å². The lowest BCUT2D eigenvalue weighted by molar-refractivity contribution is -0.140. The highest BCUT2D eigenvalue weighted by Gasteiger charge is 2.29. The van der Waals surface area contributed by atoms with E-state index in [1.54, 1.807) is 5.38 Å². The Morgan fingerprint density at radius 3 is 2.37 bits per heavy atom. The molecule has 1 aliphatic rings. The van der Waals surface area contributed by atoms with Crippen molar-refractivity contribution in [1.29, 1.82) is 0 Å². The molecule has 4 rings (SSSR count). The number of hydrogen-bond donors (Lipinski definition) is 3. The molecule has 35 heavy (non-hydrogen) atoms. The van der Waals surface area contributed by atoms with Crippen LogP contribution in [0.3, 0.4) is 0 Å². The van der Waals surface area contributed by atoms with Crippen molar-refractivity contribution in [1.82, 2.24) is 10.3 Å². The zero-order valence-corrected chi connectivity index (χ0v) is 19.8. The van der Waals surface area contributed by atoms with Gasteiger partial charge in [0.2, 0.25) is 5.91 Å². The van der Waals surface area contributed by atoms with Gasteiger partial charge in [-0.15, -0.1) is 11.3 Å². The third-order valence-corrected chi connectivity index (χ3v) is 6.52. The smallest absolute Gasteiger partial charge is 0.413 e. The number of thiazole rings is 1. The number of ether oxygens (including phenoxy) is 2. The Labute approximate surface area is 206 Å². The highest BCUT2D eigenvalue weighted by molar-refractivity contribution is 7.13. The van der Waals surface area contributed by atoms with E-state index >= 15 is 0 Å². The molecule has 0 saturated carbocycles. The van der Waals surface area contributed by atoms with Crippen LogP contribution in [0.15, 0.2) is 53.9 Å². The molecule has 1 unspecified atom stereocenters. The average Bonchev–Trinajstić information content (AvgIpc) is 3.41. The summed E-state index contributed by atoms with van der Waals surface area (Å²) in [7, 11) is 1.39. The maximum absolute atomic E-state index is 12.4. The van der Waals surface area contributed by atoms with Crippen molar-refractivity contribution in [3.8, 4) is 11.1 Å². The monoisotopic (exact) mass is 495 g/mol. The quantitative estimate of drug-likeness (QED) is 0.392. The van der Waals surface area contributed by atoms with E-state index in [9.17, 15) is 14.4 Å². The molecule has 2 aromatic carbocycles. The van der Waals surface area contributed by atoms with Crippen molar-refractivity contribution in [2.24, 2.45) is 0 Å². The number of nitrogens with one attached hydrogen (secondary N) is 2. The maximum atomic E-state index is 12.4. The minimum atomic E-state index is -1.01. The lowest BCUT2D eigenvalue weighted by Crippen LogP contribution is -2.35. The fraction of sp³-hybridized carbons (Fsp3) is 0.280. The normalized spacial score (nSPS) is 12.9. The molecule has 182 valence electrons. The van der Waals surface area contributed by atoms with Gasteiger partial charge in [-0.25, -0.2) is 9.78 Å². The number of carboxylic acid groups (broad SMARTS) is 1. The molecule has 0 spiro atoms. The molecular weight excluding hydrogens is 470 g/mol. The van der Waals surface area contributed by atoms with Crippen LogP contribution in [0.4, 0.5) is 9.93 Å². The number of carboxylic acids is 1. The minimum absolute atomic E-state index is 0.00756. The Morgan fingerprint density at radius 1 is 1.09 bits per heavy atom. The summed E-state index contributed by atoms with van der Waals surface area (Å²) in [5, 5.41) is 16.1. The Kier molecular flexibility index (Phi) is 7.74. The van der Waals surface area contributed by atoms with Crippen LogP contribution in [0.5, 0.6) is 0 Å². The number of nitrogens with zero attached hydrogens (tertiary/aromatic N) is 1. The van der Waals surface area contributed by atoms with Gasteiger partial charge >= 0.3 is 12.1 Å². The van der Waals surface area contributed by atoms with Crippen LogP contribution >= 0.6 is 11.3 Å². The van der Waals surface area contributed by atoms with Crippen LogP contribution in [-0.4, -0.2) is 54.4 Å². The number of anilines is 1. The van der Waals surface area contributed by atoms with Crippen LogP contribution in [0.25, 0.3) is 11.1 Å². The van der Waals surface area contributed by atoms with Gasteiger partial charge < -0.3 is 19.9 Å². The summed E-state index contributed by atoms with van der Waals surface area (Å²) in [6.45, 7) is 0.272. The minimum Gasteiger partial charge on any atom is -0.481 e. The van der Waals surface area contributed by atoms with Crippen LogP contribution in [0, 0.1) is 0 Å². The standard InChI is InChI=1S/C25H25N3O6S/c1-33-16(11-23(30)31)12-26-22(29)10-15-14-35-24(27-15)28-25(32)34-13-21-19-8-4-2-6-17(19)18-7-3-5-9-20(18)21/h2-9,14,16,21H,10-13H2,1H3,(H,26,29)(H,30,31)(H,27,28,32). The van der Waals surface area contributed by atoms with Crippen LogP contribution < -0.4 is 10.6 Å². The van der Waals surface area contributed by atoms with E-state index in [4.69, 9.17) is 14.6 Å². The molecule has 1 atom stereocenters. The molecule has 0 aliphatic heterocycles. The molecule has 0 bridgehead atoms. The first-order chi connectivity index (χ1) is 16.9. The number of benzene rings is 2. The average molecular weight is 496 g/mol. The van der Waals surface area contributed by atoms with Gasteiger partial charge in [-0.1, -0.05) is 48.5 Å². The fourth-order valence-corrected chi connectivity index (χ4v) is 4.75. The first-order valence-electron chi connectivity index (χ1n) is 11.0. The van der Waals surface area contributed by atoms with Crippen LogP contribution in [0.2, 0.25) is 0 Å². The molecule has 1 aliphatic carbocycles. The number of hydrogen-bond acceptors (Lipinski definition) is 7. The number of rotatable bonds is 10. The number of amides is 2. The highest BCUT2D eigenvalue weighted by atomic mass is 32.1. The molecule has 2 amide bonds. The summed E-state index contributed by atoms with van der Waals surface area (Å²) < 4.78 is 10.6. The predicted molar refractivity (Wildman–Crippen MR) is 131 cm³/mol. The molecule has 10 heteroatoms. The molecule has 0 fully saturated rings. The summed E-state index contributed by atoms with van der Waals surface area (Å²) in [6.07, 6.45) is -1.44. The molecule has 3 aromatic rings. The highest BCUT2D eigenvalue weighted by Crippen LogP contribution is 2.44. The zero-order valence-electron chi connectivity index (χ0n) is 19.0. The van der Waals surface area contributed by atoms with Crippen LogP contribution in [0.1, 0.15) is 29.2 Å². The van der Waals surface area contributed by atoms with E-state index in [1.165, 1.54) is 18.4 Å². The molecule has 0 saturated heterocycles. The van der Waals surface area contributed by atoms with Gasteiger partial charge in [0, 0.05) is 25.0 Å². The van der Waals surface area contributed by atoms with E-state index in [0.717, 1.165) is 22.3 Å². The van der Waals surface area contributed by atoms with Crippen molar-refractivity contribution < 1.29 is 29.0 Å². The second kappa shape index (κ2) is 11.1. The van der Waals surface area contributed by atoms with Crippen molar-refractivity contribution in [3.63, 3.8) is 0 Å². The largest absolute Gasteiger partial charge is 0.481 e. The molecular formula is C25H25N3O6S. The topological polar surface area (TPSA) is 127 Å². The van der Waals surface area contributed by atoms with Crippen molar-refractivity contribution in [2.45, 2.75) is 24.9 Å². The van der Waals surface area contributed by atoms with Gasteiger partial charge in [0.25, 0.3) is 0 Å². The summed E-state index contributed by atoms with van der Waals surface area (Å²) in [5.41, 5.74) is 5.04. The summed E-state index contributed by atoms with van der Waals surface area (Å²) in [5.74, 6) is -1.37. The van der Waals surface area contributed by atoms with E-state index in [1.807, 2.05) is 24.3 Å². The lowest BCUT2D eigenvalue weighted by atomic mass is 9.98. The van der Waals surface area contributed by atoms with E-state index < -0.39 is 18.2 Å². The predicted octanol–water partition coefficient (Wildman–Crippen LogP) is 3.65. The second-order valence-electron chi connectivity index (χ2n) is 8.03. The zero-order chi connectivity index (χ0) is 24.8. The number of fused-ring (bicyclic) bond motifs is 3. The molecule has 0 radical (unpaired) electrons. The van der Waals surface area contributed by atoms with Gasteiger partial charge in [0.05, 0.1) is 24.6 Å². The Balaban J connectivity index is 1.28. The summed E-state index contributed by atoms with van der Waals surface area (Å²) >= 11 is 1.19. The number of methoxy groups -OCH3 is 1. The molecule has 1 heterocycles. The lowest BCUT2D eigenvalue weighted by Gasteiger charge is -2.14. The number of aliphatic carboxylic acids is 1. The molecule has 9 nitrogen and oxygen atoms in total. The van der Waals surface area contributed by atoms with Gasteiger partial charge in [0.15, 0.2) is 5.13 Å². The van der Waals surface area contributed by atoms with Gasteiger partial charge in [-0.05, 0) is 22.3 Å². The summed E-state index contributed by atoms with van der Waals surface area (Å²) in [4.78, 5) is 39.6. The first-order valence-corrected chi connectivity index (χ1v) is 11.9. The number of carbonyl (C=O) groups is 3. The van der Waals surface area contributed by atoms with Crippen molar-refractivity contribution >= 4 is 34.4 Å². The van der Waals surface area contributed by atoms with Crippen LogP contribution in [-0.2, 0) is 25.5 Å². The van der Waals surface area contributed by atoms with E-state index in [2.05, 4.69) is 39.9 Å². The fourth-order valence-electron chi connectivity index (χ4n) is 4.06. The maximum Gasteiger partial charge on any atom is 0.413 e. The van der Waals surface area contributed by atoms with Gasteiger partial charge in [0.1, 0.15) is 6.61 Å². The third kappa shape index (κ3) is 6.03. The SMILES string of the molecule is COC(CNC(=O)Cc1csc(NC(=O)OCC2c3ccccc3-c3ccccc32)n1)CC(=O)O. The van der Waals surface area contributed by atoms with Gasteiger partial charge in [-0.3, -0.25) is 14.9 Å². The second-order valence-corrected chi connectivity index (χ2v) is 8.89. The third-order valence-electron chi connectivity index (χ3n) is 5.71. The summed E-state index contributed by atoms with van der Waals surface area (Å²) in [6, 6.07) is 16.2. The van der Waals surface area contributed by atoms with Crippen molar-refractivity contribution in [3.05, 3.63) is 70.7 Å². The van der Waals surface area contributed by atoms with Gasteiger partial charge in [-0.2, -0.15) is 0 Å².